The van der Waals surface area contributed by atoms with Gasteiger partial charge in [-0.2, -0.15) is 8.78 Å². The van der Waals surface area contributed by atoms with Gasteiger partial charge in [-0.1, -0.05) is 41.0 Å². The van der Waals surface area contributed by atoms with E-state index in [1.807, 2.05) is 0 Å². The number of benzene rings is 3. The predicted octanol–water partition coefficient (Wildman–Crippen LogP) is 9.29. The summed E-state index contributed by atoms with van der Waals surface area (Å²) in [5, 5.41) is 9.03. The van der Waals surface area contributed by atoms with Crippen LogP contribution < -0.4 is 4.74 Å². The molecule has 3 rings (SSSR count). The van der Waals surface area contributed by atoms with Gasteiger partial charge in [-0.25, -0.2) is 26.3 Å². The first-order valence-corrected chi connectivity index (χ1v) is 11.3. The minimum Gasteiger partial charge on any atom is -0.508 e. The van der Waals surface area contributed by atoms with E-state index < -0.39 is 73.7 Å². The molecule has 0 heterocycles. The van der Waals surface area contributed by atoms with E-state index in [9.17, 15) is 35.1 Å². The van der Waals surface area contributed by atoms with Gasteiger partial charge in [0.2, 0.25) is 17.4 Å². The third-order valence-electron chi connectivity index (χ3n) is 4.49. The molecule has 0 fully saturated rings. The fraction of sp³-hybridized carbons (Fsp3) is 0.308. The Labute approximate surface area is 215 Å². The van der Waals surface area contributed by atoms with E-state index >= 15 is 0 Å². The van der Waals surface area contributed by atoms with Crippen LogP contribution in [0.5, 0.6) is 17.2 Å². The van der Waals surface area contributed by atoms with Gasteiger partial charge < -0.3 is 9.84 Å². The molecule has 1 N–H and O–H groups in total. The Kier molecular flexibility index (Phi) is 11.3. The van der Waals surface area contributed by atoms with Gasteiger partial charge in [-0.15, -0.1) is 12.6 Å². The molecule has 0 unspecified atom stereocenters. The summed E-state index contributed by atoms with van der Waals surface area (Å²) in [4.78, 5) is -0.932. The van der Waals surface area contributed by atoms with Crippen molar-refractivity contribution in [2.75, 3.05) is 0 Å². The highest BCUT2D eigenvalue weighted by Gasteiger charge is 2.30. The maximum absolute atomic E-state index is 13.5. The molecule has 0 aliphatic carbocycles. The van der Waals surface area contributed by atoms with Crippen molar-refractivity contribution in [2.24, 2.45) is 0 Å². The van der Waals surface area contributed by atoms with Crippen molar-refractivity contribution in [3.8, 4) is 17.2 Å². The number of ether oxygens (including phenoxy) is 1. The van der Waals surface area contributed by atoms with Crippen LogP contribution in [0.25, 0.3) is 0 Å². The zero-order valence-electron chi connectivity index (χ0n) is 20.8. The Morgan fingerprint density at radius 3 is 1.43 bits per heavy atom. The number of hydrogen-bond acceptors (Lipinski definition) is 3. The largest absolute Gasteiger partial charge is 0.508 e. The molecule has 3 aromatic carbocycles. The Morgan fingerprint density at radius 2 is 1.08 bits per heavy atom. The van der Waals surface area contributed by atoms with Gasteiger partial charge in [0.15, 0.2) is 34.9 Å². The maximum atomic E-state index is 13.5. The van der Waals surface area contributed by atoms with Gasteiger partial charge in [0, 0.05) is 11.1 Å². The number of hydrogen-bond donors (Lipinski definition) is 2. The SMILES string of the molecule is CC(C)(C)c1c(F)c(F)c(S)c(F)c1F.CCC.Cc1c(F)c(F)c(Oc2ccc(O)cc2)c(F)c1F. The lowest BCUT2D eigenvalue weighted by Gasteiger charge is -2.21. The van der Waals surface area contributed by atoms with E-state index in [2.05, 4.69) is 26.5 Å². The number of thiol groups is 1. The van der Waals surface area contributed by atoms with Crippen LogP contribution in [0.3, 0.4) is 0 Å². The zero-order valence-corrected chi connectivity index (χ0v) is 21.7. The van der Waals surface area contributed by atoms with Gasteiger partial charge in [0.1, 0.15) is 11.5 Å². The van der Waals surface area contributed by atoms with Crippen LogP contribution in [0.4, 0.5) is 35.1 Å². The number of halogens is 8. The van der Waals surface area contributed by atoms with E-state index in [0.717, 1.165) is 6.92 Å². The van der Waals surface area contributed by atoms with Gasteiger partial charge >= 0.3 is 0 Å². The van der Waals surface area contributed by atoms with E-state index in [1.54, 1.807) is 0 Å². The number of aromatic hydroxyl groups is 1. The molecule has 11 heteroatoms. The molecular weight excluding hydrogens is 528 g/mol. The zero-order chi connectivity index (χ0) is 28.8. The lowest BCUT2D eigenvalue weighted by Crippen LogP contribution is -2.19. The molecule has 3 aromatic rings. The van der Waals surface area contributed by atoms with E-state index in [-0.39, 0.29) is 11.5 Å². The molecule has 0 radical (unpaired) electrons. The molecule has 0 saturated carbocycles. The Morgan fingerprint density at radius 1 is 0.703 bits per heavy atom. The smallest absolute Gasteiger partial charge is 0.204 e. The topological polar surface area (TPSA) is 29.5 Å². The Balaban J connectivity index is 0.000000343. The Bertz CT molecular complexity index is 1180. The summed E-state index contributed by atoms with van der Waals surface area (Å²) in [6.45, 7) is 9.56. The molecule has 0 amide bonds. The van der Waals surface area contributed by atoms with Crippen molar-refractivity contribution in [1.82, 2.24) is 0 Å². The average molecular weight is 555 g/mol. The third-order valence-corrected chi connectivity index (χ3v) is 4.88. The molecule has 0 aliphatic rings. The fourth-order valence-corrected chi connectivity index (χ4v) is 2.92. The standard InChI is InChI=1S/C13H8F4O2.C10H10F4S.C3H8/c1-6-9(14)11(16)13(12(17)10(6)15)19-8-4-2-7(18)3-5-8;1-10(2,3)4-5(11)7(13)9(15)8(14)6(4)12;1-3-2/h2-5,18H,1H3;15H,1-3H3;3H2,1-2H3. The van der Waals surface area contributed by atoms with Crippen LogP contribution in [0.1, 0.15) is 52.2 Å². The maximum Gasteiger partial charge on any atom is 0.204 e. The van der Waals surface area contributed by atoms with E-state index in [1.165, 1.54) is 51.5 Å². The molecule has 2 nitrogen and oxygen atoms in total. The minimum atomic E-state index is -1.61. The molecular formula is C26H26F8O2S. The Hall–Kier alpha value is -2.95. The van der Waals surface area contributed by atoms with Crippen molar-refractivity contribution in [2.45, 2.75) is 58.3 Å². The first-order valence-electron chi connectivity index (χ1n) is 10.9. The second-order valence-corrected chi connectivity index (χ2v) is 9.19. The highest BCUT2D eigenvalue weighted by Crippen LogP contribution is 2.35. The molecule has 0 atom stereocenters. The second-order valence-electron chi connectivity index (χ2n) is 8.74. The molecule has 204 valence electrons. The predicted molar refractivity (Wildman–Crippen MR) is 127 cm³/mol. The average Bonchev–Trinajstić information content (AvgIpc) is 2.83. The van der Waals surface area contributed by atoms with Gasteiger partial charge in [-0.3, -0.25) is 0 Å². The van der Waals surface area contributed by atoms with Gasteiger partial charge in [0.25, 0.3) is 0 Å². The van der Waals surface area contributed by atoms with Gasteiger partial charge in [0.05, 0.1) is 4.90 Å². The van der Waals surface area contributed by atoms with Crippen molar-refractivity contribution < 1.29 is 45.0 Å². The molecule has 0 saturated heterocycles. The van der Waals surface area contributed by atoms with Crippen LogP contribution >= 0.6 is 12.6 Å². The molecule has 0 aromatic heterocycles. The highest BCUT2D eigenvalue weighted by molar-refractivity contribution is 7.80. The summed E-state index contributed by atoms with van der Waals surface area (Å²) in [6.07, 6.45) is 1.25. The van der Waals surface area contributed by atoms with Crippen LogP contribution in [0.2, 0.25) is 0 Å². The molecule has 0 bridgehead atoms. The quantitative estimate of drug-likeness (QED) is 0.188. The summed E-state index contributed by atoms with van der Waals surface area (Å²) < 4.78 is 111. The molecule has 0 aliphatic heterocycles. The summed E-state index contributed by atoms with van der Waals surface area (Å²) in [7, 11) is 0. The lowest BCUT2D eigenvalue weighted by atomic mass is 9.86. The fourth-order valence-electron chi connectivity index (χ4n) is 2.72. The first-order chi connectivity index (χ1) is 17.0. The van der Waals surface area contributed by atoms with E-state index in [4.69, 9.17) is 9.84 Å². The number of phenols is 1. The molecule has 0 spiro atoms. The number of rotatable bonds is 2. The normalized spacial score (nSPS) is 10.8. The monoisotopic (exact) mass is 554 g/mol. The second kappa shape index (κ2) is 13.0. The summed E-state index contributed by atoms with van der Waals surface area (Å²) in [6, 6.07) is 4.80. The first kappa shape index (κ1) is 32.1. The van der Waals surface area contributed by atoms with Crippen molar-refractivity contribution in [3.63, 3.8) is 0 Å². The van der Waals surface area contributed by atoms with Crippen LogP contribution in [-0.4, -0.2) is 5.11 Å². The highest BCUT2D eigenvalue weighted by atomic mass is 32.1. The van der Waals surface area contributed by atoms with Crippen LogP contribution in [0.15, 0.2) is 29.2 Å². The van der Waals surface area contributed by atoms with Crippen LogP contribution in [-0.2, 0) is 5.41 Å². The lowest BCUT2D eigenvalue weighted by molar-refractivity contribution is 0.362. The van der Waals surface area contributed by atoms with Gasteiger partial charge in [-0.05, 0) is 36.6 Å². The summed E-state index contributed by atoms with van der Waals surface area (Å²) >= 11 is 3.36. The summed E-state index contributed by atoms with van der Waals surface area (Å²) in [5.74, 6) is -13.2. The summed E-state index contributed by atoms with van der Waals surface area (Å²) in [5.41, 5.74) is -2.37. The van der Waals surface area contributed by atoms with Crippen molar-refractivity contribution in [3.05, 3.63) is 81.9 Å². The third kappa shape index (κ3) is 7.53. The van der Waals surface area contributed by atoms with Crippen molar-refractivity contribution >= 4 is 12.6 Å². The van der Waals surface area contributed by atoms with Crippen molar-refractivity contribution in [1.29, 1.82) is 0 Å². The number of phenolic OH excluding ortho intramolecular Hbond substituents is 1. The molecule has 37 heavy (non-hydrogen) atoms. The minimum absolute atomic E-state index is 0.0711. The van der Waals surface area contributed by atoms with Crippen LogP contribution in [0, 0.1) is 53.5 Å². The van der Waals surface area contributed by atoms with E-state index in [0.29, 0.717) is 0 Å².